The van der Waals surface area contributed by atoms with Crippen LogP contribution >= 0.6 is 22.9 Å². The second kappa shape index (κ2) is 10.1. The van der Waals surface area contributed by atoms with Crippen LogP contribution in [0.3, 0.4) is 0 Å². The highest BCUT2D eigenvalue weighted by atomic mass is 35.5. The van der Waals surface area contributed by atoms with Crippen LogP contribution in [0.4, 0.5) is 16.2 Å². The van der Waals surface area contributed by atoms with Gasteiger partial charge in [-0.15, -0.1) is 21.5 Å². The Kier molecular flexibility index (Phi) is 6.95. The standard InChI is InChI=1S/C24H23ClN6O2S/c1-3-17-12-19(22(32)18-9-4-5-10-20(18)25)23(34-17)31-14(2)29-30-21(31)13-27-24(33)28-16-8-6-7-15(26)11-16/h4-12H,3,13,26H2,1-2H3,(H2,27,28,33). The minimum atomic E-state index is -0.411. The number of benzene rings is 2. The Hall–Kier alpha value is -3.69. The molecule has 4 N–H and O–H groups in total. The molecule has 8 nitrogen and oxygen atoms in total. The lowest BCUT2D eigenvalue weighted by Crippen LogP contribution is -2.29. The van der Waals surface area contributed by atoms with E-state index in [-0.39, 0.29) is 12.3 Å². The third-order valence-electron chi connectivity index (χ3n) is 5.12. The van der Waals surface area contributed by atoms with Gasteiger partial charge in [0.05, 0.1) is 17.1 Å². The molecule has 0 fully saturated rings. The predicted molar refractivity (Wildman–Crippen MR) is 135 cm³/mol. The van der Waals surface area contributed by atoms with Gasteiger partial charge in [0.2, 0.25) is 0 Å². The van der Waals surface area contributed by atoms with E-state index in [0.29, 0.717) is 44.2 Å². The fourth-order valence-electron chi connectivity index (χ4n) is 3.46. The van der Waals surface area contributed by atoms with Crippen molar-refractivity contribution in [3.8, 4) is 5.00 Å². The number of aryl methyl sites for hydroxylation is 2. The van der Waals surface area contributed by atoms with E-state index in [1.54, 1.807) is 60.0 Å². The van der Waals surface area contributed by atoms with Crippen LogP contribution in [0.15, 0.2) is 54.6 Å². The lowest BCUT2D eigenvalue weighted by atomic mass is 10.0. The Morgan fingerprint density at radius 3 is 2.62 bits per heavy atom. The van der Waals surface area contributed by atoms with Crippen LogP contribution in [-0.4, -0.2) is 26.6 Å². The third-order valence-corrected chi connectivity index (χ3v) is 6.72. The Labute approximate surface area is 205 Å². The Morgan fingerprint density at radius 1 is 1.09 bits per heavy atom. The van der Waals surface area contributed by atoms with Gasteiger partial charge in [-0.05, 0) is 49.7 Å². The van der Waals surface area contributed by atoms with E-state index in [2.05, 4.69) is 20.8 Å². The van der Waals surface area contributed by atoms with E-state index in [1.807, 2.05) is 13.0 Å². The maximum atomic E-state index is 13.4. The largest absolute Gasteiger partial charge is 0.399 e. The van der Waals surface area contributed by atoms with E-state index in [4.69, 9.17) is 17.3 Å². The molecule has 34 heavy (non-hydrogen) atoms. The number of anilines is 2. The number of carbonyl (C=O) groups is 2. The van der Waals surface area contributed by atoms with Crippen LogP contribution in [0.2, 0.25) is 5.02 Å². The number of thiophene rings is 1. The summed E-state index contributed by atoms with van der Waals surface area (Å²) < 4.78 is 1.80. The van der Waals surface area contributed by atoms with Crippen molar-refractivity contribution in [3.05, 3.63) is 87.3 Å². The second-order valence-electron chi connectivity index (χ2n) is 7.53. The number of hydrogen-bond donors (Lipinski definition) is 3. The number of aromatic nitrogens is 3. The molecule has 0 saturated carbocycles. The van der Waals surface area contributed by atoms with Gasteiger partial charge in [-0.2, -0.15) is 0 Å². The summed E-state index contributed by atoms with van der Waals surface area (Å²) in [5.74, 6) is 0.923. The number of halogens is 1. The SMILES string of the molecule is CCc1cc(C(=O)c2ccccc2Cl)c(-n2c(C)nnc2CNC(=O)Nc2cccc(N)c2)s1. The molecule has 0 aliphatic rings. The van der Waals surface area contributed by atoms with Crippen LogP contribution in [0.25, 0.3) is 5.00 Å². The lowest BCUT2D eigenvalue weighted by molar-refractivity contribution is 0.103. The van der Waals surface area contributed by atoms with Crippen molar-refractivity contribution in [2.45, 2.75) is 26.8 Å². The predicted octanol–water partition coefficient (Wildman–Crippen LogP) is 4.99. The third kappa shape index (κ3) is 4.95. The van der Waals surface area contributed by atoms with Crippen LogP contribution in [0.1, 0.15) is 39.4 Å². The summed E-state index contributed by atoms with van der Waals surface area (Å²) in [4.78, 5) is 26.9. The average molecular weight is 495 g/mol. The molecular formula is C24H23ClN6O2S. The van der Waals surface area contributed by atoms with Gasteiger partial charge < -0.3 is 16.4 Å². The van der Waals surface area contributed by atoms with E-state index < -0.39 is 6.03 Å². The monoisotopic (exact) mass is 494 g/mol. The summed E-state index contributed by atoms with van der Waals surface area (Å²) in [6.45, 7) is 3.94. The van der Waals surface area contributed by atoms with Gasteiger partial charge in [-0.1, -0.05) is 36.7 Å². The van der Waals surface area contributed by atoms with Crippen molar-refractivity contribution in [3.63, 3.8) is 0 Å². The van der Waals surface area contributed by atoms with E-state index in [9.17, 15) is 9.59 Å². The van der Waals surface area contributed by atoms with Crippen molar-refractivity contribution in [2.75, 3.05) is 11.1 Å². The molecule has 0 radical (unpaired) electrons. The number of nitrogen functional groups attached to an aromatic ring is 1. The first kappa shape index (κ1) is 23.5. The summed E-state index contributed by atoms with van der Waals surface area (Å²) in [7, 11) is 0. The molecule has 2 aromatic heterocycles. The van der Waals surface area contributed by atoms with Gasteiger partial charge in [0, 0.05) is 21.8 Å². The molecule has 0 bridgehead atoms. The highest BCUT2D eigenvalue weighted by Gasteiger charge is 2.24. The molecule has 2 aromatic carbocycles. The molecule has 174 valence electrons. The van der Waals surface area contributed by atoms with Gasteiger partial charge in [-0.3, -0.25) is 9.36 Å². The number of hydrogen-bond acceptors (Lipinski definition) is 6. The number of carbonyl (C=O) groups excluding carboxylic acids is 2. The molecular weight excluding hydrogens is 472 g/mol. The summed E-state index contributed by atoms with van der Waals surface area (Å²) in [6, 6.07) is 15.3. The summed E-state index contributed by atoms with van der Waals surface area (Å²) in [5, 5.41) is 15.0. The zero-order valence-corrected chi connectivity index (χ0v) is 20.2. The second-order valence-corrected chi connectivity index (χ2v) is 9.05. The molecule has 2 heterocycles. The Morgan fingerprint density at radius 2 is 1.88 bits per heavy atom. The molecule has 0 aliphatic carbocycles. The maximum absolute atomic E-state index is 13.4. The molecule has 10 heteroatoms. The van der Waals surface area contributed by atoms with Crippen LogP contribution < -0.4 is 16.4 Å². The molecule has 4 aromatic rings. The van der Waals surface area contributed by atoms with E-state index in [0.717, 1.165) is 11.3 Å². The van der Waals surface area contributed by atoms with Crippen molar-refractivity contribution >= 4 is 46.1 Å². The van der Waals surface area contributed by atoms with Gasteiger partial charge >= 0.3 is 6.03 Å². The lowest BCUT2D eigenvalue weighted by Gasteiger charge is -2.11. The van der Waals surface area contributed by atoms with Gasteiger partial charge in [0.1, 0.15) is 10.8 Å². The van der Waals surface area contributed by atoms with Crippen molar-refractivity contribution < 1.29 is 9.59 Å². The molecule has 0 aliphatic heterocycles. The molecule has 0 unspecified atom stereocenters. The first-order valence-electron chi connectivity index (χ1n) is 10.6. The van der Waals surface area contributed by atoms with Crippen molar-refractivity contribution in [1.29, 1.82) is 0 Å². The number of urea groups is 1. The highest BCUT2D eigenvalue weighted by Crippen LogP contribution is 2.32. The van der Waals surface area contributed by atoms with Crippen molar-refractivity contribution in [1.82, 2.24) is 20.1 Å². The zero-order chi connectivity index (χ0) is 24.2. The minimum Gasteiger partial charge on any atom is -0.399 e. The normalized spacial score (nSPS) is 10.8. The number of nitrogens with one attached hydrogen (secondary N) is 2. The van der Waals surface area contributed by atoms with Crippen LogP contribution in [0.5, 0.6) is 0 Å². The number of ketones is 1. The average Bonchev–Trinajstić information content (AvgIpc) is 3.40. The smallest absolute Gasteiger partial charge is 0.319 e. The molecule has 2 amide bonds. The fourth-order valence-corrected chi connectivity index (χ4v) is 4.84. The zero-order valence-electron chi connectivity index (χ0n) is 18.6. The van der Waals surface area contributed by atoms with Gasteiger partial charge in [0.25, 0.3) is 0 Å². The highest BCUT2D eigenvalue weighted by molar-refractivity contribution is 7.15. The molecule has 0 saturated heterocycles. The van der Waals surface area contributed by atoms with E-state index in [1.165, 1.54) is 11.3 Å². The molecule has 4 rings (SSSR count). The first-order valence-corrected chi connectivity index (χ1v) is 11.8. The van der Waals surface area contributed by atoms with E-state index >= 15 is 0 Å². The fraction of sp³-hybridized carbons (Fsp3) is 0.167. The minimum absolute atomic E-state index is 0.105. The van der Waals surface area contributed by atoms with Crippen molar-refractivity contribution in [2.24, 2.45) is 0 Å². The van der Waals surface area contributed by atoms with Gasteiger partial charge in [-0.25, -0.2) is 4.79 Å². The summed E-state index contributed by atoms with van der Waals surface area (Å²) in [6.07, 6.45) is 0.769. The van der Waals surface area contributed by atoms with Crippen LogP contribution in [0, 0.1) is 6.92 Å². The number of rotatable bonds is 7. The molecule has 0 spiro atoms. The van der Waals surface area contributed by atoms with Gasteiger partial charge in [0.15, 0.2) is 11.6 Å². The quantitative estimate of drug-likeness (QED) is 0.247. The Bertz CT molecular complexity index is 1360. The molecule has 0 atom stereocenters. The maximum Gasteiger partial charge on any atom is 0.319 e. The first-order chi connectivity index (χ1) is 16.4. The number of nitrogens with zero attached hydrogens (tertiary/aromatic N) is 3. The number of amides is 2. The topological polar surface area (TPSA) is 115 Å². The van der Waals surface area contributed by atoms with Crippen LogP contribution in [-0.2, 0) is 13.0 Å². The summed E-state index contributed by atoms with van der Waals surface area (Å²) >= 11 is 7.79. The summed E-state index contributed by atoms with van der Waals surface area (Å²) in [5.41, 5.74) is 7.83. The number of nitrogens with two attached hydrogens (primary N) is 1. The Balaban J connectivity index is 1.62.